The lowest BCUT2D eigenvalue weighted by molar-refractivity contribution is -0.365. The lowest BCUT2D eigenvalue weighted by Gasteiger charge is -2.59. The van der Waals surface area contributed by atoms with Gasteiger partial charge in [-0.3, -0.25) is 9.59 Å². The number of carbonyl (C=O) groups excluding carboxylic acids is 3. The molecule has 0 amide bonds. The Hall–Kier alpha value is -3.99. The number of esters is 2. The molecule has 5 heterocycles. The molecule has 0 aromatic heterocycles. The van der Waals surface area contributed by atoms with Crippen molar-refractivity contribution < 1.29 is 157 Å². The van der Waals surface area contributed by atoms with E-state index in [9.17, 15) is 85.9 Å². The lowest BCUT2D eigenvalue weighted by atomic mass is 9.46. The van der Waals surface area contributed by atoms with Crippen LogP contribution >= 0.6 is 0 Å². The summed E-state index contributed by atoms with van der Waals surface area (Å²) in [5, 5.41) is 155. The number of rotatable bonds is 24. The Morgan fingerprint density at radius 3 is 1.81 bits per heavy atom. The van der Waals surface area contributed by atoms with Crippen LogP contribution in [0.1, 0.15) is 110 Å². The maximum atomic E-state index is 14.6. The second kappa shape index (κ2) is 31.8. The molecule has 1 aromatic carbocycles. The van der Waals surface area contributed by atoms with Crippen molar-refractivity contribution in [1.29, 1.82) is 0 Å². The summed E-state index contributed by atoms with van der Waals surface area (Å²) in [4.78, 5) is 41.6. The first-order valence-corrected chi connectivity index (χ1v) is 34.2. The predicted molar refractivity (Wildman–Crippen MR) is 332 cm³/mol. The first-order chi connectivity index (χ1) is 46.9. The number of ketones is 1. The highest BCUT2D eigenvalue weighted by Gasteiger charge is 2.71. The fourth-order valence-electron chi connectivity index (χ4n) is 16.9. The molecule has 1 aromatic rings. The van der Waals surface area contributed by atoms with Gasteiger partial charge >= 0.3 is 11.9 Å². The van der Waals surface area contributed by atoms with Crippen LogP contribution in [-0.2, 0) is 66.4 Å². The van der Waals surface area contributed by atoms with Gasteiger partial charge in [-0.15, -0.1) is 0 Å². The van der Waals surface area contributed by atoms with Crippen molar-refractivity contribution in [2.75, 3.05) is 54.4 Å². The van der Waals surface area contributed by atoms with Crippen LogP contribution in [0.4, 0.5) is 0 Å². The van der Waals surface area contributed by atoms with Crippen LogP contribution in [0.25, 0.3) is 0 Å². The third kappa shape index (κ3) is 15.0. The maximum absolute atomic E-state index is 14.6. The molecule has 32 heteroatoms. The SMILES string of the molecule is COc1cc(C(=O)OC2C(OC3C(O)COC(OC4CC5C6CC=C7CC(OC8OC(COC9OC(CO)C(OC%10OC(CO)C(O)C(O)C%10O)C(O)C9O)C(O)C(O)C8O)CCC7(C)C6CCC5(C)C4(O)C(C)C(=O)CCC(C)C)C3OC(C)=O)OCC(O)C2O)cc(OC)c1OC. The molecule has 32 unspecified atom stereocenters. The number of aliphatic hydroxyl groups excluding tert-OH is 13. The molecule has 99 heavy (non-hydrogen) atoms. The van der Waals surface area contributed by atoms with Gasteiger partial charge in [0.15, 0.2) is 55.2 Å². The summed E-state index contributed by atoms with van der Waals surface area (Å²) in [5.41, 5.74) is -2.29. The van der Waals surface area contributed by atoms with Crippen LogP contribution < -0.4 is 14.2 Å². The van der Waals surface area contributed by atoms with E-state index in [1.165, 1.54) is 33.5 Å². The predicted octanol–water partition coefficient (Wildman–Crippen LogP) is -2.49. The van der Waals surface area contributed by atoms with Crippen molar-refractivity contribution in [2.45, 2.75) is 258 Å². The second-order valence-corrected chi connectivity index (χ2v) is 28.9. The van der Waals surface area contributed by atoms with Crippen LogP contribution in [0.5, 0.6) is 17.2 Å². The van der Waals surface area contributed by atoms with Crippen LogP contribution in [-0.4, -0.2) is 303 Å². The first kappa shape index (κ1) is 77.6. The van der Waals surface area contributed by atoms with E-state index in [1.807, 2.05) is 20.8 Å². The molecular formula is C67H102O32. The van der Waals surface area contributed by atoms with Crippen molar-refractivity contribution in [1.82, 2.24) is 0 Å². The van der Waals surface area contributed by atoms with E-state index in [4.69, 9.17) is 71.1 Å². The number of aliphatic hydroxyl groups is 14. The van der Waals surface area contributed by atoms with Crippen molar-refractivity contribution in [3.05, 3.63) is 29.3 Å². The summed E-state index contributed by atoms with van der Waals surface area (Å²) in [5.74, 6) is -2.83. The Kier molecular flexibility index (Phi) is 24.9. The summed E-state index contributed by atoms with van der Waals surface area (Å²) in [6, 6.07) is 2.62. The van der Waals surface area contributed by atoms with E-state index in [0.717, 1.165) is 12.5 Å². The van der Waals surface area contributed by atoms with Gasteiger partial charge in [-0.25, -0.2) is 4.79 Å². The molecular weight excluding hydrogens is 1320 g/mol. The fourth-order valence-corrected chi connectivity index (χ4v) is 16.9. The number of hydrogen-bond acceptors (Lipinski definition) is 32. The van der Waals surface area contributed by atoms with E-state index < -0.39 is 221 Å². The molecule has 32 atom stereocenters. The van der Waals surface area contributed by atoms with Gasteiger partial charge in [0.1, 0.15) is 109 Å². The average molecular weight is 1420 g/mol. The molecule has 32 nitrogen and oxygen atoms in total. The van der Waals surface area contributed by atoms with Crippen LogP contribution in [0.15, 0.2) is 23.8 Å². The summed E-state index contributed by atoms with van der Waals surface area (Å²) < 4.78 is 88.3. The van der Waals surface area contributed by atoms with Gasteiger partial charge < -0.3 is 143 Å². The van der Waals surface area contributed by atoms with E-state index in [0.29, 0.717) is 44.9 Å². The van der Waals surface area contributed by atoms with Crippen molar-refractivity contribution in [3.8, 4) is 17.2 Å². The number of fused-ring (bicyclic) bond motifs is 5. The Morgan fingerprint density at radius 2 is 1.19 bits per heavy atom. The molecule has 0 bridgehead atoms. The van der Waals surface area contributed by atoms with E-state index >= 15 is 0 Å². The molecule has 3 saturated carbocycles. The summed E-state index contributed by atoms with van der Waals surface area (Å²) >= 11 is 0. The number of allylic oxidation sites excluding steroid dienone is 1. The van der Waals surface area contributed by atoms with Crippen molar-refractivity contribution >= 4 is 17.7 Å². The van der Waals surface area contributed by atoms with Crippen molar-refractivity contribution in [2.24, 2.45) is 40.4 Å². The smallest absolute Gasteiger partial charge is 0.338 e. The van der Waals surface area contributed by atoms with Gasteiger partial charge in [0.25, 0.3) is 0 Å². The van der Waals surface area contributed by atoms with E-state index in [-0.39, 0.29) is 65.1 Å². The van der Waals surface area contributed by atoms with Crippen LogP contribution in [0, 0.1) is 40.4 Å². The van der Waals surface area contributed by atoms with Gasteiger partial charge in [-0.1, -0.05) is 46.3 Å². The number of Topliss-reactive ketones (excluding diaryl/α,β-unsaturated/α-hetero) is 1. The number of carbonyl (C=O) groups is 3. The van der Waals surface area contributed by atoms with Crippen LogP contribution in [0.2, 0.25) is 0 Å². The highest BCUT2D eigenvalue weighted by Crippen LogP contribution is 2.69. The number of methoxy groups -OCH3 is 3. The third-order valence-corrected chi connectivity index (χ3v) is 22.7. The van der Waals surface area contributed by atoms with Gasteiger partial charge in [-0.05, 0) is 92.6 Å². The van der Waals surface area contributed by atoms with E-state index in [2.05, 4.69) is 13.0 Å². The normalized spacial score (nSPS) is 44.9. The van der Waals surface area contributed by atoms with E-state index in [1.54, 1.807) is 6.92 Å². The zero-order chi connectivity index (χ0) is 72.1. The molecule has 5 saturated heterocycles. The molecule has 14 N–H and O–H groups in total. The standard InChI is InChI=1S/C67H102O32/c1-27(2)10-13-36(71)28(3)67(84)44(96-64-58(91-29(4)70)54(38(73)25-89-64)98-63-57(45(74)37(72)24-88-63)97-59(83)30-18-39(85-7)55(87-9)40(19-30)86-8)21-35-33-12-11-31-20-32(14-16-65(31,5)34(33)15-17-66(35,67)6)92-61-51(80)49(78)47(76)43(95-61)26-90-60-53(82)50(79)56(42(23-69)94-60)99-62-52(81)48(77)46(75)41(22-68)93-62/h11,18-19,27-28,32-35,37-38,41-54,56-58,60-64,68-69,72-82,84H,10,12-17,20-26H2,1-9H3. The monoisotopic (exact) mass is 1420 g/mol. The Morgan fingerprint density at radius 1 is 0.606 bits per heavy atom. The van der Waals surface area contributed by atoms with Gasteiger partial charge in [0.05, 0.1) is 72.1 Å². The quantitative estimate of drug-likeness (QED) is 0.0376. The minimum atomic E-state index is -1.92. The highest BCUT2D eigenvalue weighted by molar-refractivity contribution is 5.91. The summed E-state index contributed by atoms with van der Waals surface area (Å²) in [6.07, 6.45) is -34.3. The second-order valence-electron chi connectivity index (χ2n) is 28.9. The number of benzene rings is 1. The third-order valence-electron chi connectivity index (χ3n) is 22.7. The Balaban J connectivity index is 0.834. The van der Waals surface area contributed by atoms with Gasteiger partial charge in [0.2, 0.25) is 5.75 Å². The first-order valence-electron chi connectivity index (χ1n) is 34.2. The molecule has 10 rings (SSSR count). The number of hydrogen-bond donors (Lipinski definition) is 14. The topological polar surface area (TPSA) is 473 Å². The minimum absolute atomic E-state index is 0.0326. The Labute approximate surface area is 572 Å². The number of ether oxygens (including phenoxy) is 15. The molecule has 8 fully saturated rings. The Bertz CT molecular complexity index is 2910. The van der Waals surface area contributed by atoms with Crippen LogP contribution in [0.3, 0.4) is 0 Å². The zero-order valence-electron chi connectivity index (χ0n) is 57.1. The summed E-state index contributed by atoms with van der Waals surface area (Å²) in [7, 11) is 4.06. The molecule has 0 radical (unpaired) electrons. The fraction of sp³-hybridized carbons (Fsp3) is 0.836. The molecule has 4 aliphatic carbocycles. The molecule has 0 spiro atoms. The lowest BCUT2D eigenvalue weighted by Crippen LogP contribution is -2.65. The summed E-state index contributed by atoms with van der Waals surface area (Å²) in [6.45, 7) is 7.78. The van der Waals surface area contributed by atoms with Crippen molar-refractivity contribution in [3.63, 3.8) is 0 Å². The molecule has 5 aliphatic heterocycles. The average Bonchev–Trinajstić information content (AvgIpc) is 1.52. The van der Waals surface area contributed by atoms with Gasteiger partial charge in [0, 0.05) is 24.7 Å². The zero-order valence-corrected chi connectivity index (χ0v) is 57.1. The largest absolute Gasteiger partial charge is 0.493 e. The maximum Gasteiger partial charge on any atom is 0.338 e. The van der Waals surface area contributed by atoms with Gasteiger partial charge in [-0.2, -0.15) is 0 Å². The highest BCUT2D eigenvalue weighted by atomic mass is 16.8. The molecule has 562 valence electrons. The molecule has 9 aliphatic rings. The minimum Gasteiger partial charge on any atom is -0.493 e.